The quantitative estimate of drug-likeness (QED) is 0.538. The van der Waals surface area contributed by atoms with Crippen molar-refractivity contribution in [3.05, 3.63) is 11.3 Å². The Balaban J connectivity index is 2.78. The molecule has 0 atom stereocenters. The summed E-state index contributed by atoms with van der Waals surface area (Å²) in [7, 11) is 0. The number of ketones is 1. The zero-order chi connectivity index (χ0) is 7.56. The molecule has 0 N–H and O–H groups in total. The van der Waals surface area contributed by atoms with Crippen molar-refractivity contribution in [2.24, 2.45) is 0 Å². The van der Waals surface area contributed by atoms with E-state index >= 15 is 0 Å². The molecule has 0 saturated heterocycles. The summed E-state index contributed by atoms with van der Waals surface area (Å²) in [5, 5.41) is 11.0. The van der Waals surface area contributed by atoms with Crippen molar-refractivity contribution in [3.63, 3.8) is 0 Å². The van der Waals surface area contributed by atoms with Crippen LogP contribution in [0.15, 0.2) is 11.3 Å². The highest BCUT2D eigenvalue weighted by atomic mass is 16.3. The number of hydrogen-bond acceptors (Lipinski definition) is 2. The van der Waals surface area contributed by atoms with Crippen LogP contribution in [-0.4, -0.2) is 5.78 Å². The molecular formula is C8H11O2-. The number of hydrogen-bond donors (Lipinski definition) is 0. The second-order valence-corrected chi connectivity index (χ2v) is 2.67. The Hall–Kier alpha value is -0.790. The van der Waals surface area contributed by atoms with Gasteiger partial charge in [0.05, 0.1) is 0 Å². The smallest absolute Gasteiger partial charge is 0.154 e. The van der Waals surface area contributed by atoms with Gasteiger partial charge in [0.2, 0.25) is 0 Å². The zero-order valence-corrected chi connectivity index (χ0v) is 6.14. The SMILES string of the molecule is CC(=O)C1=C([O-])CCCC1. The van der Waals surface area contributed by atoms with Gasteiger partial charge in [-0.25, -0.2) is 0 Å². The largest absolute Gasteiger partial charge is 0.875 e. The van der Waals surface area contributed by atoms with Gasteiger partial charge in [0.15, 0.2) is 5.78 Å². The van der Waals surface area contributed by atoms with E-state index in [0.717, 1.165) is 12.8 Å². The Morgan fingerprint density at radius 2 is 2.00 bits per heavy atom. The molecule has 2 heteroatoms. The van der Waals surface area contributed by atoms with Gasteiger partial charge in [-0.1, -0.05) is 6.42 Å². The van der Waals surface area contributed by atoms with E-state index in [-0.39, 0.29) is 11.5 Å². The summed E-state index contributed by atoms with van der Waals surface area (Å²) in [5.74, 6) is 0.0310. The number of carbonyl (C=O) groups is 1. The molecule has 0 unspecified atom stereocenters. The van der Waals surface area contributed by atoms with E-state index in [1.54, 1.807) is 0 Å². The molecule has 0 heterocycles. The lowest BCUT2D eigenvalue weighted by molar-refractivity contribution is -0.309. The average molecular weight is 139 g/mol. The fraction of sp³-hybridized carbons (Fsp3) is 0.625. The van der Waals surface area contributed by atoms with Crippen molar-refractivity contribution in [1.82, 2.24) is 0 Å². The maximum Gasteiger partial charge on any atom is 0.154 e. The van der Waals surface area contributed by atoms with Gasteiger partial charge in [0.1, 0.15) is 0 Å². The molecular weight excluding hydrogens is 128 g/mol. The van der Waals surface area contributed by atoms with E-state index in [2.05, 4.69) is 0 Å². The minimum atomic E-state index is -0.0373. The van der Waals surface area contributed by atoms with Crippen molar-refractivity contribution in [3.8, 4) is 0 Å². The Morgan fingerprint density at radius 1 is 1.40 bits per heavy atom. The fourth-order valence-electron chi connectivity index (χ4n) is 1.25. The van der Waals surface area contributed by atoms with Gasteiger partial charge in [-0.3, -0.25) is 4.79 Å². The van der Waals surface area contributed by atoms with Crippen LogP contribution in [0.2, 0.25) is 0 Å². The molecule has 1 aliphatic rings. The van der Waals surface area contributed by atoms with Crippen LogP contribution in [0.25, 0.3) is 0 Å². The van der Waals surface area contributed by atoms with Crippen LogP contribution in [0.4, 0.5) is 0 Å². The van der Waals surface area contributed by atoms with Crippen LogP contribution >= 0.6 is 0 Å². The van der Waals surface area contributed by atoms with E-state index in [9.17, 15) is 9.90 Å². The Kier molecular flexibility index (Phi) is 2.10. The molecule has 0 aromatic heterocycles. The van der Waals surface area contributed by atoms with E-state index in [4.69, 9.17) is 0 Å². The summed E-state index contributed by atoms with van der Waals surface area (Å²) in [6, 6.07) is 0. The highest BCUT2D eigenvalue weighted by molar-refractivity contribution is 5.93. The third-order valence-corrected chi connectivity index (χ3v) is 1.84. The van der Waals surface area contributed by atoms with E-state index in [1.165, 1.54) is 6.92 Å². The van der Waals surface area contributed by atoms with Gasteiger partial charge in [-0.2, -0.15) is 0 Å². The van der Waals surface area contributed by atoms with Crippen molar-refractivity contribution in [2.75, 3.05) is 0 Å². The lowest BCUT2D eigenvalue weighted by Gasteiger charge is -2.22. The summed E-state index contributed by atoms with van der Waals surface area (Å²) in [4.78, 5) is 10.8. The van der Waals surface area contributed by atoms with Crippen LogP contribution in [0, 0.1) is 0 Å². The number of rotatable bonds is 1. The van der Waals surface area contributed by atoms with Gasteiger partial charge < -0.3 is 5.11 Å². The topological polar surface area (TPSA) is 40.1 Å². The normalized spacial score (nSPS) is 19.3. The molecule has 0 radical (unpaired) electrons. The molecule has 0 aliphatic heterocycles. The number of Topliss-reactive ketones (excluding diaryl/α,β-unsaturated/α-hetero) is 1. The van der Waals surface area contributed by atoms with Crippen molar-refractivity contribution in [1.29, 1.82) is 0 Å². The lowest BCUT2D eigenvalue weighted by Crippen LogP contribution is -2.15. The zero-order valence-electron chi connectivity index (χ0n) is 6.14. The van der Waals surface area contributed by atoms with Crippen LogP contribution < -0.4 is 5.11 Å². The first-order valence-electron chi connectivity index (χ1n) is 3.62. The van der Waals surface area contributed by atoms with Gasteiger partial charge >= 0.3 is 0 Å². The summed E-state index contributed by atoms with van der Waals surface area (Å²) in [5.41, 5.74) is 0.534. The molecule has 0 aromatic rings. The average Bonchev–Trinajstić information content (AvgIpc) is 1.88. The first kappa shape index (κ1) is 7.32. The molecule has 0 amide bonds. The maximum atomic E-state index is 11.0. The molecule has 0 fully saturated rings. The molecule has 0 aromatic carbocycles. The third kappa shape index (κ3) is 1.38. The molecule has 2 nitrogen and oxygen atoms in total. The second kappa shape index (κ2) is 2.86. The predicted octanol–water partition coefficient (Wildman–Crippen LogP) is 0.764. The molecule has 1 aliphatic carbocycles. The molecule has 10 heavy (non-hydrogen) atoms. The predicted molar refractivity (Wildman–Crippen MR) is 36.2 cm³/mol. The highest BCUT2D eigenvalue weighted by Gasteiger charge is 2.08. The molecule has 0 spiro atoms. The number of allylic oxidation sites excluding steroid dienone is 2. The molecule has 0 saturated carbocycles. The van der Waals surface area contributed by atoms with Crippen LogP contribution in [0.1, 0.15) is 32.6 Å². The van der Waals surface area contributed by atoms with Gasteiger partial charge in [-0.15, -0.1) is 5.76 Å². The molecule has 1 rings (SSSR count). The monoisotopic (exact) mass is 139 g/mol. The standard InChI is InChI=1S/C8H12O2/c1-6(9)7-4-2-3-5-8(7)10/h10H,2-5H2,1H3/p-1. The maximum absolute atomic E-state index is 11.0. The molecule has 56 valence electrons. The van der Waals surface area contributed by atoms with Crippen LogP contribution in [0.3, 0.4) is 0 Å². The summed E-state index contributed by atoms with van der Waals surface area (Å²) < 4.78 is 0. The fourth-order valence-corrected chi connectivity index (χ4v) is 1.25. The van der Waals surface area contributed by atoms with E-state index < -0.39 is 0 Å². The van der Waals surface area contributed by atoms with E-state index in [1.807, 2.05) is 0 Å². The second-order valence-electron chi connectivity index (χ2n) is 2.67. The van der Waals surface area contributed by atoms with Crippen molar-refractivity contribution < 1.29 is 9.90 Å². The van der Waals surface area contributed by atoms with Crippen LogP contribution in [-0.2, 0) is 4.79 Å². The van der Waals surface area contributed by atoms with Crippen molar-refractivity contribution >= 4 is 5.78 Å². The van der Waals surface area contributed by atoms with Crippen molar-refractivity contribution in [2.45, 2.75) is 32.6 Å². The van der Waals surface area contributed by atoms with Gasteiger partial charge in [0, 0.05) is 0 Å². The number of carbonyl (C=O) groups excluding carboxylic acids is 1. The summed E-state index contributed by atoms with van der Waals surface area (Å²) >= 11 is 0. The van der Waals surface area contributed by atoms with Gasteiger partial charge in [0.25, 0.3) is 0 Å². The van der Waals surface area contributed by atoms with Crippen LogP contribution in [0.5, 0.6) is 0 Å². The summed E-state index contributed by atoms with van der Waals surface area (Å²) in [6.45, 7) is 1.47. The Morgan fingerprint density at radius 3 is 2.40 bits per heavy atom. The first-order chi connectivity index (χ1) is 4.72. The highest BCUT2D eigenvalue weighted by Crippen LogP contribution is 2.21. The van der Waals surface area contributed by atoms with E-state index in [0.29, 0.717) is 18.4 Å². The summed E-state index contributed by atoms with van der Waals surface area (Å²) in [6.07, 6.45) is 3.24. The minimum Gasteiger partial charge on any atom is -0.875 e. The minimum absolute atomic E-state index is 0.0373. The first-order valence-corrected chi connectivity index (χ1v) is 3.62. The lowest BCUT2D eigenvalue weighted by atomic mass is 9.95. The Labute approximate surface area is 60.6 Å². The Bertz CT molecular complexity index is 180. The third-order valence-electron chi connectivity index (χ3n) is 1.84. The van der Waals surface area contributed by atoms with Gasteiger partial charge in [-0.05, 0) is 31.8 Å². The molecule has 0 bridgehead atoms.